The summed E-state index contributed by atoms with van der Waals surface area (Å²) in [5.74, 6) is -1.71. The largest absolute Gasteiger partial charge is 0.454 e. The van der Waals surface area contributed by atoms with Crippen molar-refractivity contribution < 1.29 is 14.3 Å². The number of carbonyl (C=O) groups excluding carboxylic acids is 2. The molecule has 0 amide bonds. The molecule has 2 heterocycles. The molecule has 0 unspecified atom stereocenters. The molecule has 1 aliphatic rings. The van der Waals surface area contributed by atoms with E-state index in [2.05, 4.69) is 9.97 Å². The predicted molar refractivity (Wildman–Crippen MR) is 104 cm³/mol. The Bertz CT molecular complexity index is 1110. The van der Waals surface area contributed by atoms with Crippen LogP contribution in [0.4, 0.5) is 0 Å². The number of carbonyl (C=O) groups is 2. The number of para-hydroxylation sites is 1. The predicted octanol–water partition coefficient (Wildman–Crippen LogP) is 3.91. The standard InChI is InChI=1S/C21H17N3O3S/c1-12-11-28-20(23-12)16(9-22)19(25)10-27-21(26)15-8-18(13-6-7-13)24-17-5-3-2-4-14(15)17/h2-5,8,11,13,16H,6-7,10H2,1H3/t16-/m1/s1. The van der Waals surface area contributed by atoms with E-state index in [-0.39, 0.29) is 0 Å². The summed E-state index contributed by atoms with van der Waals surface area (Å²) in [5, 5.41) is 12.2. The maximum Gasteiger partial charge on any atom is 0.339 e. The molecule has 7 heteroatoms. The minimum Gasteiger partial charge on any atom is -0.454 e. The smallest absolute Gasteiger partial charge is 0.339 e. The molecule has 0 bridgehead atoms. The zero-order valence-corrected chi connectivity index (χ0v) is 16.0. The number of nitrogens with zero attached hydrogens (tertiary/aromatic N) is 3. The average molecular weight is 391 g/mol. The maximum absolute atomic E-state index is 12.7. The van der Waals surface area contributed by atoms with Gasteiger partial charge in [0.15, 0.2) is 18.3 Å². The van der Waals surface area contributed by atoms with Crippen molar-refractivity contribution in [3.05, 3.63) is 57.7 Å². The summed E-state index contributed by atoms with van der Waals surface area (Å²) in [6.45, 7) is 1.33. The highest BCUT2D eigenvalue weighted by Crippen LogP contribution is 2.40. The Kier molecular flexibility index (Phi) is 4.88. The molecule has 3 aromatic rings. The summed E-state index contributed by atoms with van der Waals surface area (Å²) in [6, 6.07) is 11.1. The Balaban J connectivity index is 1.54. The number of aromatic nitrogens is 2. The van der Waals surface area contributed by atoms with Crippen LogP contribution < -0.4 is 0 Å². The lowest BCUT2D eigenvalue weighted by Crippen LogP contribution is -2.20. The Labute approximate surface area is 165 Å². The summed E-state index contributed by atoms with van der Waals surface area (Å²) in [6.07, 6.45) is 2.13. The van der Waals surface area contributed by atoms with Crippen LogP contribution in [0.2, 0.25) is 0 Å². The van der Waals surface area contributed by atoms with Crippen molar-refractivity contribution in [2.75, 3.05) is 6.61 Å². The van der Waals surface area contributed by atoms with Gasteiger partial charge in [-0.2, -0.15) is 5.26 Å². The van der Waals surface area contributed by atoms with Gasteiger partial charge in [0.1, 0.15) is 5.01 Å². The molecular formula is C21H17N3O3S. The van der Waals surface area contributed by atoms with Crippen molar-refractivity contribution in [1.82, 2.24) is 9.97 Å². The number of pyridine rings is 1. The molecule has 0 radical (unpaired) electrons. The van der Waals surface area contributed by atoms with E-state index in [0.717, 1.165) is 29.7 Å². The number of thiazole rings is 1. The van der Waals surface area contributed by atoms with Crippen LogP contribution in [0.25, 0.3) is 10.9 Å². The third-order valence-corrected chi connectivity index (χ3v) is 5.66. The molecule has 4 rings (SSSR count). The molecular weight excluding hydrogens is 374 g/mol. The topological polar surface area (TPSA) is 92.9 Å². The van der Waals surface area contributed by atoms with E-state index >= 15 is 0 Å². The first-order chi connectivity index (χ1) is 13.6. The quantitative estimate of drug-likeness (QED) is 0.592. The molecule has 1 aliphatic carbocycles. The molecule has 1 aromatic carbocycles. The van der Waals surface area contributed by atoms with Crippen LogP contribution in [-0.4, -0.2) is 28.3 Å². The second kappa shape index (κ2) is 7.49. The van der Waals surface area contributed by atoms with Gasteiger partial charge in [-0.25, -0.2) is 9.78 Å². The highest BCUT2D eigenvalue weighted by molar-refractivity contribution is 7.09. The van der Waals surface area contributed by atoms with E-state index in [1.54, 1.807) is 18.4 Å². The number of hydrogen-bond donors (Lipinski definition) is 0. The highest BCUT2D eigenvalue weighted by atomic mass is 32.1. The van der Waals surface area contributed by atoms with E-state index in [0.29, 0.717) is 21.9 Å². The zero-order chi connectivity index (χ0) is 19.7. The van der Waals surface area contributed by atoms with Gasteiger partial charge in [-0.1, -0.05) is 18.2 Å². The number of aryl methyl sites for hydroxylation is 1. The molecule has 1 saturated carbocycles. The Morgan fingerprint density at radius 1 is 1.32 bits per heavy atom. The molecule has 1 atom stereocenters. The summed E-state index contributed by atoms with van der Waals surface area (Å²) >= 11 is 1.25. The normalized spacial score (nSPS) is 14.4. The second-order valence-corrected chi connectivity index (χ2v) is 7.71. The lowest BCUT2D eigenvalue weighted by molar-refractivity contribution is -0.122. The fraction of sp³-hybridized carbons (Fsp3) is 0.286. The maximum atomic E-state index is 12.7. The number of esters is 1. The van der Waals surface area contributed by atoms with E-state index in [1.807, 2.05) is 30.3 Å². The van der Waals surface area contributed by atoms with Crippen LogP contribution >= 0.6 is 11.3 Å². The van der Waals surface area contributed by atoms with Gasteiger partial charge < -0.3 is 4.74 Å². The number of nitriles is 1. The van der Waals surface area contributed by atoms with Crippen molar-refractivity contribution in [2.45, 2.75) is 31.6 Å². The minimum absolute atomic E-state index is 0.383. The Hall–Kier alpha value is -3.11. The van der Waals surface area contributed by atoms with Gasteiger partial charge in [-0.05, 0) is 31.9 Å². The SMILES string of the molecule is Cc1csc([C@H](C#N)C(=O)COC(=O)c2cc(C3CC3)nc3ccccc23)n1. The zero-order valence-electron chi connectivity index (χ0n) is 15.2. The van der Waals surface area contributed by atoms with Gasteiger partial charge in [0.25, 0.3) is 0 Å². The van der Waals surface area contributed by atoms with Gasteiger partial charge in [0.2, 0.25) is 0 Å². The molecule has 0 saturated heterocycles. The van der Waals surface area contributed by atoms with E-state index in [4.69, 9.17) is 4.74 Å². The van der Waals surface area contributed by atoms with E-state index in [9.17, 15) is 14.9 Å². The summed E-state index contributed by atoms with van der Waals surface area (Å²) in [7, 11) is 0. The lowest BCUT2D eigenvalue weighted by atomic mass is 10.1. The second-order valence-electron chi connectivity index (χ2n) is 6.82. The van der Waals surface area contributed by atoms with Crippen molar-refractivity contribution in [3.8, 4) is 6.07 Å². The van der Waals surface area contributed by atoms with Crippen molar-refractivity contribution >= 4 is 34.0 Å². The van der Waals surface area contributed by atoms with Gasteiger partial charge in [0.05, 0.1) is 17.1 Å². The van der Waals surface area contributed by atoms with Gasteiger partial charge >= 0.3 is 5.97 Å². The number of ether oxygens (including phenoxy) is 1. The molecule has 0 aliphatic heterocycles. The first-order valence-electron chi connectivity index (χ1n) is 8.98. The van der Waals surface area contributed by atoms with Crippen LogP contribution in [-0.2, 0) is 9.53 Å². The fourth-order valence-electron chi connectivity index (χ4n) is 3.02. The van der Waals surface area contributed by atoms with Gasteiger partial charge in [-0.3, -0.25) is 9.78 Å². The Morgan fingerprint density at radius 3 is 2.79 bits per heavy atom. The first-order valence-corrected chi connectivity index (χ1v) is 9.86. The number of Topliss-reactive ketones (excluding diaryl/α,β-unsaturated/α-hetero) is 1. The first kappa shape index (κ1) is 18.3. The van der Waals surface area contributed by atoms with Crippen LogP contribution in [0, 0.1) is 18.3 Å². The van der Waals surface area contributed by atoms with Gasteiger partial charge in [-0.15, -0.1) is 11.3 Å². The number of fused-ring (bicyclic) bond motifs is 1. The highest BCUT2D eigenvalue weighted by Gasteiger charge is 2.28. The third kappa shape index (κ3) is 3.64. The molecule has 28 heavy (non-hydrogen) atoms. The average Bonchev–Trinajstić information content (AvgIpc) is 3.47. The molecule has 0 N–H and O–H groups in total. The minimum atomic E-state index is -1.03. The van der Waals surface area contributed by atoms with Crippen LogP contribution in [0.1, 0.15) is 51.4 Å². The molecule has 2 aromatic heterocycles. The molecule has 140 valence electrons. The summed E-state index contributed by atoms with van der Waals surface area (Å²) < 4.78 is 5.27. The van der Waals surface area contributed by atoms with Crippen LogP contribution in [0.15, 0.2) is 35.7 Å². The lowest BCUT2D eigenvalue weighted by Gasteiger charge is -2.10. The van der Waals surface area contributed by atoms with Crippen molar-refractivity contribution in [3.63, 3.8) is 0 Å². The molecule has 1 fully saturated rings. The van der Waals surface area contributed by atoms with Gasteiger partial charge in [0, 0.05) is 28.1 Å². The third-order valence-electron chi connectivity index (χ3n) is 4.63. The molecule has 0 spiro atoms. The van der Waals surface area contributed by atoms with Crippen LogP contribution in [0.3, 0.4) is 0 Å². The fourth-order valence-corrected chi connectivity index (χ4v) is 3.88. The number of ketones is 1. The number of hydrogen-bond acceptors (Lipinski definition) is 7. The monoisotopic (exact) mass is 391 g/mol. The Morgan fingerprint density at radius 2 is 2.11 bits per heavy atom. The van der Waals surface area contributed by atoms with Crippen LogP contribution in [0.5, 0.6) is 0 Å². The number of rotatable bonds is 6. The summed E-state index contributed by atoms with van der Waals surface area (Å²) in [5.41, 5.74) is 2.77. The summed E-state index contributed by atoms with van der Waals surface area (Å²) in [4.78, 5) is 34.0. The molecule has 6 nitrogen and oxygen atoms in total. The van der Waals surface area contributed by atoms with Crippen molar-refractivity contribution in [1.29, 1.82) is 5.26 Å². The van der Waals surface area contributed by atoms with E-state index in [1.165, 1.54) is 11.3 Å². The number of benzene rings is 1. The van der Waals surface area contributed by atoms with E-state index < -0.39 is 24.3 Å². The van der Waals surface area contributed by atoms with Crippen molar-refractivity contribution in [2.24, 2.45) is 0 Å².